The van der Waals surface area contributed by atoms with E-state index in [1.165, 1.54) is 5.56 Å². The molecule has 3 rings (SSSR count). The van der Waals surface area contributed by atoms with Gasteiger partial charge < -0.3 is 4.98 Å². The standard InChI is InChI=1S/C12H9N3/c1-2-4-9(5-3-1)10-7-14-12-11(10)6-13-8-15-12/h1-8H,(H,13,14,15). The summed E-state index contributed by atoms with van der Waals surface area (Å²) >= 11 is 0. The van der Waals surface area contributed by atoms with Crippen LogP contribution in [0.25, 0.3) is 22.2 Å². The number of nitrogens with one attached hydrogen (secondary N) is 1. The predicted octanol–water partition coefficient (Wildman–Crippen LogP) is 2.62. The minimum atomic E-state index is 0.879. The fourth-order valence-electron chi connectivity index (χ4n) is 1.72. The summed E-state index contributed by atoms with van der Waals surface area (Å²) in [5.41, 5.74) is 3.20. The topological polar surface area (TPSA) is 41.6 Å². The van der Waals surface area contributed by atoms with Crippen LogP contribution < -0.4 is 0 Å². The van der Waals surface area contributed by atoms with E-state index < -0.39 is 0 Å². The molecule has 0 unspecified atom stereocenters. The van der Waals surface area contributed by atoms with Crippen molar-refractivity contribution < 1.29 is 0 Å². The molecule has 0 spiro atoms. The predicted molar refractivity (Wildman–Crippen MR) is 59.3 cm³/mol. The molecule has 0 saturated heterocycles. The van der Waals surface area contributed by atoms with Crippen LogP contribution in [0.4, 0.5) is 0 Å². The average molecular weight is 195 g/mol. The zero-order valence-electron chi connectivity index (χ0n) is 8.01. The van der Waals surface area contributed by atoms with Crippen LogP contribution in [0.15, 0.2) is 49.1 Å². The molecule has 2 heterocycles. The van der Waals surface area contributed by atoms with E-state index in [0.717, 1.165) is 16.6 Å². The highest BCUT2D eigenvalue weighted by atomic mass is 14.9. The molecule has 72 valence electrons. The van der Waals surface area contributed by atoms with Crippen molar-refractivity contribution in [3.05, 3.63) is 49.1 Å². The van der Waals surface area contributed by atoms with E-state index in [9.17, 15) is 0 Å². The Balaban J connectivity index is 2.28. The second kappa shape index (κ2) is 3.20. The number of H-pyrrole nitrogens is 1. The monoisotopic (exact) mass is 195 g/mol. The number of nitrogens with zero attached hydrogens (tertiary/aromatic N) is 2. The minimum Gasteiger partial charge on any atom is -0.345 e. The summed E-state index contributed by atoms with van der Waals surface area (Å²) in [5, 5.41) is 1.06. The lowest BCUT2D eigenvalue weighted by Crippen LogP contribution is -1.78. The van der Waals surface area contributed by atoms with Gasteiger partial charge in [-0.2, -0.15) is 0 Å². The van der Waals surface area contributed by atoms with Crippen LogP contribution in [-0.4, -0.2) is 15.0 Å². The third-order valence-corrected chi connectivity index (χ3v) is 2.44. The zero-order valence-corrected chi connectivity index (χ0v) is 8.01. The first-order chi connectivity index (χ1) is 7.45. The molecule has 0 bridgehead atoms. The molecule has 3 aromatic rings. The number of aromatic amines is 1. The molecule has 0 atom stereocenters. The number of hydrogen-bond acceptors (Lipinski definition) is 2. The first-order valence-electron chi connectivity index (χ1n) is 4.77. The SMILES string of the molecule is c1ccc(-c2c[nH]c3ncncc23)cc1. The maximum Gasteiger partial charge on any atom is 0.141 e. The van der Waals surface area contributed by atoms with Gasteiger partial charge in [-0.15, -0.1) is 0 Å². The van der Waals surface area contributed by atoms with Gasteiger partial charge in [-0.3, -0.25) is 0 Å². The highest BCUT2D eigenvalue weighted by Crippen LogP contribution is 2.26. The molecular formula is C12H9N3. The Morgan fingerprint density at radius 1 is 1.07 bits per heavy atom. The van der Waals surface area contributed by atoms with Gasteiger partial charge in [-0.05, 0) is 5.56 Å². The fourth-order valence-corrected chi connectivity index (χ4v) is 1.72. The smallest absolute Gasteiger partial charge is 0.141 e. The van der Waals surface area contributed by atoms with Crippen molar-refractivity contribution in [2.45, 2.75) is 0 Å². The lowest BCUT2D eigenvalue weighted by Gasteiger charge is -1.97. The lowest BCUT2D eigenvalue weighted by molar-refractivity contribution is 1.20. The number of fused-ring (bicyclic) bond motifs is 1. The Morgan fingerprint density at radius 3 is 2.80 bits per heavy atom. The van der Waals surface area contributed by atoms with Crippen LogP contribution in [0.1, 0.15) is 0 Å². The molecule has 1 aromatic carbocycles. The van der Waals surface area contributed by atoms with Crippen molar-refractivity contribution in [3.8, 4) is 11.1 Å². The van der Waals surface area contributed by atoms with Crippen molar-refractivity contribution in [3.63, 3.8) is 0 Å². The summed E-state index contributed by atoms with van der Waals surface area (Å²) in [6.07, 6.45) is 5.35. The van der Waals surface area contributed by atoms with Gasteiger partial charge in [0.1, 0.15) is 12.0 Å². The molecular weight excluding hydrogens is 186 g/mol. The van der Waals surface area contributed by atoms with Gasteiger partial charge >= 0.3 is 0 Å². The summed E-state index contributed by atoms with van der Waals surface area (Å²) < 4.78 is 0. The van der Waals surface area contributed by atoms with Crippen LogP contribution in [0.3, 0.4) is 0 Å². The van der Waals surface area contributed by atoms with E-state index >= 15 is 0 Å². The Morgan fingerprint density at radius 2 is 1.93 bits per heavy atom. The largest absolute Gasteiger partial charge is 0.345 e. The van der Waals surface area contributed by atoms with Gasteiger partial charge in [-0.1, -0.05) is 30.3 Å². The van der Waals surface area contributed by atoms with Gasteiger partial charge in [0.2, 0.25) is 0 Å². The molecule has 0 aliphatic heterocycles. The summed E-state index contributed by atoms with van der Waals surface area (Å²) in [6.45, 7) is 0. The Bertz CT molecular complexity index is 584. The highest BCUT2D eigenvalue weighted by molar-refractivity contribution is 5.92. The molecule has 2 aromatic heterocycles. The Hall–Kier alpha value is -2.16. The fraction of sp³-hybridized carbons (Fsp3) is 0. The zero-order chi connectivity index (χ0) is 10.1. The quantitative estimate of drug-likeness (QED) is 0.648. The van der Waals surface area contributed by atoms with E-state index in [0.29, 0.717) is 0 Å². The number of benzene rings is 1. The highest BCUT2D eigenvalue weighted by Gasteiger charge is 2.05. The van der Waals surface area contributed by atoms with E-state index in [1.807, 2.05) is 30.6 Å². The van der Waals surface area contributed by atoms with Crippen molar-refractivity contribution in [2.24, 2.45) is 0 Å². The summed E-state index contributed by atoms with van der Waals surface area (Å²) in [6, 6.07) is 10.2. The molecule has 3 nitrogen and oxygen atoms in total. The van der Waals surface area contributed by atoms with Gasteiger partial charge in [0.15, 0.2) is 0 Å². The lowest BCUT2D eigenvalue weighted by atomic mass is 10.1. The third-order valence-electron chi connectivity index (χ3n) is 2.44. The van der Waals surface area contributed by atoms with Gasteiger partial charge in [0.05, 0.1) is 0 Å². The number of rotatable bonds is 1. The third kappa shape index (κ3) is 1.29. The average Bonchev–Trinajstić information content (AvgIpc) is 2.74. The first-order valence-corrected chi connectivity index (χ1v) is 4.77. The molecule has 3 heteroatoms. The Labute approximate surface area is 86.8 Å². The van der Waals surface area contributed by atoms with E-state index in [4.69, 9.17) is 0 Å². The molecule has 0 aliphatic carbocycles. The van der Waals surface area contributed by atoms with Crippen LogP contribution in [0, 0.1) is 0 Å². The summed E-state index contributed by atoms with van der Waals surface area (Å²) in [7, 11) is 0. The summed E-state index contributed by atoms with van der Waals surface area (Å²) in [4.78, 5) is 11.3. The molecule has 0 aliphatic rings. The normalized spacial score (nSPS) is 10.7. The second-order valence-electron chi connectivity index (χ2n) is 3.35. The van der Waals surface area contributed by atoms with E-state index in [-0.39, 0.29) is 0 Å². The van der Waals surface area contributed by atoms with Crippen LogP contribution in [0.2, 0.25) is 0 Å². The second-order valence-corrected chi connectivity index (χ2v) is 3.35. The van der Waals surface area contributed by atoms with Crippen molar-refractivity contribution in [1.82, 2.24) is 15.0 Å². The molecule has 1 N–H and O–H groups in total. The van der Waals surface area contributed by atoms with E-state index in [1.54, 1.807) is 6.33 Å². The van der Waals surface area contributed by atoms with Gasteiger partial charge in [0, 0.05) is 23.3 Å². The molecule has 0 amide bonds. The minimum absolute atomic E-state index is 0.879. The molecule has 0 fully saturated rings. The van der Waals surface area contributed by atoms with Gasteiger partial charge in [-0.25, -0.2) is 9.97 Å². The van der Waals surface area contributed by atoms with Crippen molar-refractivity contribution in [2.75, 3.05) is 0 Å². The van der Waals surface area contributed by atoms with Crippen LogP contribution in [0.5, 0.6) is 0 Å². The maximum atomic E-state index is 4.16. The molecule has 15 heavy (non-hydrogen) atoms. The Kier molecular flexibility index (Phi) is 1.75. The van der Waals surface area contributed by atoms with Crippen molar-refractivity contribution in [1.29, 1.82) is 0 Å². The van der Waals surface area contributed by atoms with Crippen LogP contribution >= 0.6 is 0 Å². The van der Waals surface area contributed by atoms with E-state index in [2.05, 4.69) is 27.1 Å². The van der Waals surface area contributed by atoms with Crippen LogP contribution in [-0.2, 0) is 0 Å². The number of hydrogen-bond donors (Lipinski definition) is 1. The van der Waals surface area contributed by atoms with Crippen molar-refractivity contribution >= 4 is 11.0 Å². The molecule has 0 saturated carbocycles. The molecule has 0 radical (unpaired) electrons. The summed E-state index contributed by atoms with van der Waals surface area (Å²) in [5.74, 6) is 0. The maximum absolute atomic E-state index is 4.16. The first kappa shape index (κ1) is 8.17. The number of aromatic nitrogens is 3. The van der Waals surface area contributed by atoms with Gasteiger partial charge in [0.25, 0.3) is 0 Å².